The van der Waals surface area contributed by atoms with E-state index in [0.29, 0.717) is 42.6 Å². The van der Waals surface area contributed by atoms with Gasteiger partial charge in [0.1, 0.15) is 0 Å². The minimum absolute atomic E-state index is 0.0205. The van der Waals surface area contributed by atoms with Crippen molar-refractivity contribution in [2.75, 3.05) is 6.54 Å². The van der Waals surface area contributed by atoms with Crippen molar-refractivity contribution in [2.45, 2.75) is 112 Å². The fourth-order valence-corrected chi connectivity index (χ4v) is 9.27. The number of hydrogen-bond acceptors (Lipinski definition) is 2. The lowest BCUT2D eigenvalue weighted by Crippen LogP contribution is -2.53. The molecule has 2 amide bonds. The van der Waals surface area contributed by atoms with Gasteiger partial charge in [-0.15, -0.1) is 0 Å². The average molecular weight is 459 g/mol. The third-order valence-electron chi connectivity index (χ3n) is 11.5. The minimum atomic E-state index is 0.0205. The van der Waals surface area contributed by atoms with Crippen LogP contribution in [0.25, 0.3) is 0 Å². The molecule has 4 fully saturated rings. The monoisotopic (exact) mass is 458 g/mol. The van der Waals surface area contributed by atoms with Gasteiger partial charge in [-0.1, -0.05) is 54.4 Å². The third kappa shape index (κ3) is 4.49. The molecule has 0 spiro atoms. The minimum Gasteiger partial charge on any atom is -0.354 e. The van der Waals surface area contributed by atoms with Crippen LogP contribution >= 0.6 is 0 Å². The molecular weight excluding hydrogens is 408 g/mol. The van der Waals surface area contributed by atoms with E-state index in [2.05, 4.69) is 52.2 Å². The van der Waals surface area contributed by atoms with Crippen LogP contribution in [0.3, 0.4) is 0 Å². The molecule has 4 heteroatoms. The van der Waals surface area contributed by atoms with Crippen molar-refractivity contribution in [3.05, 3.63) is 0 Å². The van der Waals surface area contributed by atoms with Crippen LogP contribution in [0.4, 0.5) is 0 Å². The van der Waals surface area contributed by atoms with Crippen LogP contribution in [0.1, 0.15) is 106 Å². The summed E-state index contributed by atoms with van der Waals surface area (Å²) in [7, 11) is 0. The lowest BCUT2D eigenvalue weighted by atomic mass is 9.50. The Balaban J connectivity index is 1.53. The van der Waals surface area contributed by atoms with E-state index in [1.165, 1.54) is 44.9 Å². The zero-order valence-electron chi connectivity index (χ0n) is 22.2. The van der Waals surface area contributed by atoms with E-state index < -0.39 is 0 Å². The molecule has 2 aliphatic heterocycles. The standard InChI is InChI=1S/C29H50N2O2/c1-7-20(18(2)3)9-8-19(4)22-10-11-23-21-16-27(33)31-25-17-30-26(32)13-15-29(25,6)24(21)12-14-28(22,23)5/h18-25H,7-17H2,1-6H3,(H,30,32)(H,31,33)/t19-,20-,21?,22-,23?,24?,25?,28-,29-/m1/s1. The first-order valence-corrected chi connectivity index (χ1v) is 14.2. The number of carbonyl (C=O) groups is 2. The predicted octanol–water partition coefficient (Wildman–Crippen LogP) is 5.95. The lowest BCUT2D eigenvalue weighted by molar-refractivity contribution is -0.124. The molecule has 4 unspecified atom stereocenters. The van der Waals surface area contributed by atoms with Crippen molar-refractivity contribution in [3.8, 4) is 0 Å². The van der Waals surface area contributed by atoms with Crippen LogP contribution in [-0.2, 0) is 9.59 Å². The van der Waals surface area contributed by atoms with Gasteiger partial charge in [0, 0.05) is 19.4 Å². The molecule has 4 aliphatic rings. The van der Waals surface area contributed by atoms with E-state index in [0.717, 1.165) is 30.1 Å². The van der Waals surface area contributed by atoms with Gasteiger partial charge in [0.15, 0.2) is 0 Å². The molecule has 188 valence electrons. The van der Waals surface area contributed by atoms with Crippen LogP contribution in [0.5, 0.6) is 0 Å². The fraction of sp³-hybridized carbons (Fsp3) is 0.931. The van der Waals surface area contributed by atoms with Gasteiger partial charge in [-0.2, -0.15) is 0 Å². The fourth-order valence-electron chi connectivity index (χ4n) is 9.27. The molecule has 0 aromatic carbocycles. The normalized spacial score (nSPS) is 42.8. The number of hydrogen-bond donors (Lipinski definition) is 2. The topological polar surface area (TPSA) is 58.2 Å². The summed E-state index contributed by atoms with van der Waals surface area (Å²) in [4.78, 5) is 25.3. The summed E-state index contributed by atoms with van der Waals surface area (Å²) in [5.41, 5.74) is 0.391. The maximum Gasteiger partial charge on any atom is 0.220 e. The van der Waals surface area contributed by atoms with E-state index in [1.807, 2.05) is 0 Å². The van der Waals surface area contributed by atoms with E-state index >= 15 is 0 Å². The summed E-state index contributed by atoms with van der Waals surface area (Å²) in [6, 6.07) is 0.0777. The molecule has 2 saturated heterocycles. The second kappa shape index (κ2) is 9.53. The van der Waals surface area contributed by atoms with Crippen molar-refractivity contribution in [1.82, 2.24) is 10.6 Å². The van der Waals surface area contributed by atoms with Gasteiger partial charge >= 0.3 is 0 Å². The Hall–Kier alpha value is -1.06. The average Bonchev–Trinajstić information content (AvgIpc) is 2.99. The number of fused-ring (bicyclic) bond motifs is 5. The molecule has 9 atom stereocenters. The van der Waals surface area contributed by atoms with Crippen LogP contribution in [-0.4, -0.2) is 24.4 Å². The van der Waals surface area contributed by atoms with Crippen molar-refractivity contribution in [1.29, 1.82) is 0 Å². The zero-order valence-corrected chi connectivity index (χ0v) is 22.2. The van der Waals surface area contributed by atoms with Gasteiger partial charge < -0.3 is 10.6 Å². The SMILES string of the molecule is CC[C@H](CC[C@@H](C)[C@H]1CCC2C3CC(=O)NC4CNC(=O)CC[C@]4(C)C3CC[C@@]21C)C(C)C. The highest BCUT2D eigenvalue weighted by Gasteiger charge is 2.60. The molecular formula is C29H50N2O2. The second-order valence-electron chi connectivity index (χ2n) is 13.2. The number of carbonyl (C=O) groups excluding carboxylic acids is 2. The third-order valence-corrected chi connectivity index (χ3v) is 11.5. The Kier molecular flexibility index (Phi) is 7.23. The Labute approximate surface area is 202 Å². The van der Waals surface area contributed by atoms with E-state index in [1.54, 1.807) is 0 Å². The van der Waals surface area contributed by atoms with Crippen LogP contribution in [0.15, 0.2) is 0 Å². The first kappa shape index (κ1) is 25.0. The van der Waals surface area contributed by atoms with Gasteiger partial charge in [0.05, 0.1) is 6.04 Å². The quantitative estimate of drug-likeness (QED) is 0.517. The van der Waals surface area contributed by atoms with E-state index in [4.69, 9.17) is 0 Å². The zero-order chi connectivity index (χ0) is 24.0. The summed E-state index contributed by atoms with van der Waals surface area (Å²) >= 11 is 0. The molecule has 2 N–H and O–H groups in total. The van der Waals surface area contributed by atoms with Crippen molar-refractivity contribution in [2.24, 2.45) is 52.3 Å². The molecule has 0 aromatic heterocycles. The molecule has 2 heterocycles. The predicted molar refractivity (Wildman–Crippen MR) is 134 cm³/mol. The smallest absolute Gasteiger partial charge is 0.220 e. The molecule has 4 rings (SSSR count). The maximum atomic E-state index is 13.1. The molecule has 0 aromatic rings. The summed E-state index contributed by atoms with van der Waals surface area (Å²) in [5, 5.41) is 6.43. The Morgan fingerprint density at radius 3 is 2.36 bits per heavy atom. The van der Waals surface area contributed by atoms with Crippen molar-refractivity contribution in [3.63, 3.8) is 0 Å². The molecule has 2 aliphatic carbocycles. The van der Waals surface area contributed by atoms with Crippen LogP contribution in [0.2, 0.25) is 0 Å². The molecule has 0 bridgehead atoms. The Bertz CT molecular complexity index is 735. The number of amides is 2. The Morgan fingerprint density at radius 1 is 0.939 bits per heavy atom. The van der Waals surface area contributed by atoms with Crippen molar-refractivity contribution >= 4 is 11.8 Å². The highest BCUT2D eigenvalue weighted by Crippen LogP contribution is 2.65. The largest absolute Gasteiger partial charge is 0.354 e. The Morgan fingerprint density at radius 2 is 1.67 bits per heavy atom. The molecule has 0 radical (unpaired) electrons. The molecule has 33 heavy (non-hydrogen) atoms. The van der Waals surface area contributed by atoms with Crippen molar-refractivity contribution < 1.29 is 9.59 Å². The number of rotatable bonds is 6. The summed E-state index contributed by atoms with van der Waals surface area (Å²) in [5.74, 6) is 5.24. The van der Waals surface area contributed by atoms with Gasteiger partial charge in [0.2, 0.25) is 11.8 Å². The molecule has 4 nitrogen and oxygen atoms in total. The summed E-state index contributed by atoms with van der Waals surface area (Å²) < 4.78 is 0. The van der Waals surface area contributed by atoms with Gasteiger partial charge in [-0.05, 0) is 90.8 Å². The van der Waals surface area contributed by atoms with Crippen LogP contribution in [0, 0.1) is 52.3 Å². The summed E-state index contributed by atoms with van der Waals surface area (Å²) in [6.07, 6.45) is 11.4. The van der Waals surface area contributed by atoms with E-state index in [9.17, 15) is 9.59 Å². The van der Waals surface area contributed by atoms with E-state index in [-0.39, 0.29) is 23.3 Å². The van der Waals surface area contributed by atoms with Crippen LogP contribution < -0.4 is 10.6 Å². The highest BCUT2D eigenvalue weighted by molar-refractivity contribution is 5.79. The lowest BCUT2D eigenvalue weighted by Gasteiger charge is -2.54. The highest BCUT2D eigenvalue weighted by atomic mass is 16.2. The van der Waals surface area contributed by atoms with Gasteiger partial charge in [0.25, 0.3) is 0 Å². The first-order valence-electron chi connectivity index (χ1n) is 14.2. The second-order valence-corrected chi connectivity index (χ2v) is 13.2. The summed E-state index contributed by atoms with van der Waals surface area (Å²) in [6.45, 7) is 15.2. The number of nitrogens with one attached hydrogen (secondary N) is 2. The molecule has 2 saturated carbocycles. The maximum absolute atomic E-state index is 13.1. The first-order chi connectivity index (χ1) is 15.6. The van der Waals surface area contributed by atoms with Gasteiger partial charge in [-0.25, -0.2) is 0 Å². The van der Waals surface area contributed by atoms with Gasteiger partial charge in [-0.3, -0.25) is 9.59 Å².